The van der Waals surface area contributed by atoms with E-state index in [-0.39, 0.29) is 11.7 Å². The van der Waals surface area contributed by atoms with E-state index in [1.54, 1.807) is 18.2 Å². The third-order valence-electron chi connectivity index (χ3n) is 2.69. The summed E-state index contributed by atoms with van der Waals surface area (Å²) in [5, 5.41) is 10.6. The van der Waals surface area contributed by atoms with E-state index in [0.717, 1.165) is 11.1 Å². The quantitative estimate of drug-likeness (QED) is 0.678. The molecule has 0 bridgehead atoms. The van der Waals surface area contributed by atoms with Crippen LogP contribution in [0.15, 0.2) is 30.3 Å². The fraction of sp³-hybridized carbons (Fsp3) is 0.167. The van der Waals surface area contributed by atoms with Crippen LogP contribution in [0.1, 0.15) is 17.2 Å². The summed E-state index contributed by atoms with van der Waals surface area (Å²) >= 11 is 13.2. The third kappa shape index (κ3) is 3.45. The van der Waals surface area contributed by atoms with Crippen LogP contribution in [0.4, 0.5) is 5.69 Å². The molecule has 1 aromatic heterocycles. The molecule has 7 heteroatoms. The number of nitro benzene ring substituents is 1. The maximum absolute atomic E-state index is 10.6. The fourth-order valence-electron chi connectivity index (χ4n) is 1.72. The van der Waals surface area contributed by atoms with E-state index in [1.165, 1.54) is 23.5 Å². The molecule has 0 aliphatic carbocycles. The number of rotatable bonds is 4. The molecule has 19 heavy (non-hydrogen) atoms. The third-order valence-corrected chi connectivity index (χ3v) is 4.20. The van der Waals surface area contributed by atoms with Crippen molar-refractivity contribution >= 4 is 40.2 Å². The fourth-order valence-corrected chi connectivity index (χ4v) is 3.32. The Morgan fingerprint density at radius 3 is 2.42 bits per heavy atom. The molecule has 1 heterocycles. The number of halogens is 2. The van der Waals surface area contributed by atoms with Gasteiger partial charge in [0.05, 0.1) is 13.6 Å². The lowest BCUT2D eigenvalue weighted by atomic mass is 10.0. The number of nitro groups is 1. The second-order valence-electron chi connectivity index (χ2n) is 4.01. The molecule has 2 N–H and O–H groups in total. The average Bonchev–Trinajstić information content (AvgIpc) is 2.69. The predicted molar refractivity (Wildman–Crippen MR) is 78.1 cm³/mol. The average molecular weight is 317 g/mol. The molecule has 4 nitrogen and oxygen atoms in total. The standard InChI is InChI=1S/C12H10Cl2N2O2S/c13-11-6-9(12(14)19-11)10(15)5-7-1-3-8(4-2-7)16(17)18/h1-4,6,10H,5,15H2. The number of hydrogen-bond acceptors (Lipinski definition) is 4. The van der Waals surface area contributed by atoms with Crippen LogP contribution >= 0.6 is 34.5 Å². The van der Waals surface area contributed by atoms with E-state index in [9.17, 15) is 10.1 Å². The van der Waals surface area contributed by atoms with Crippen molar-refractivity contribution < 1.29 is 4.92 Å². The zero-order valence-corrected chi connectivity index (χ0v) is 12.0. The molecule has 1 atom stereocenters. The Balaban J connectivity index is 2.12. The van der Waals surface area contributed by atoms with Gasteiger partial charge in [-0.2, -0.15) is 0 Å². The lowest BCUT2D eigenvalue weighted by Gasteiger charge is -2.10. The Morgan fingerprint density at radius 1 is 1.32 bits per heavy atom. The minimum absolute atomic E-state index is 0.0638. The minimum atomic E-state index is -0.431. The van der Waals surface area contributed by atoms with Crippen molar-refractivity contribution in [2.75, 3.05) is 0 Å². The van der Waals surface area contributed by atoms with E-state index < -0.39 is 4.92 Å². The Labute approximate surface area is 123 Å². The highest BCUT2D eigenvalue weighted by Crippen LogP contribution is 2.35. The smallest absolute Gasteiger partial charge is 0.269 e. The summed E-state index contributed by atoms with van der Waals surface area (Å²) in [7, 11) is 0. The number of benzene rings is 1. The van der Waals surface area contributed by atoms with Crippen molar-refractivity contribution in [3.8, 4) is 0 Å². The Bertz CT molecular complexity index is 598. The van der Waals surface area contributed by atoms with Gasteiger partial charge >= 0.3 is 0 Å². The second-order valence-corrected chi connectivity index (χ2v) is 6.30. The molecule has 0 aliphatic rings. The highest BCUT2D eigenvalue weighted by molar-refractivity contribution is 7.20. The highest BCUT2D eigenvalue weighted by Gasteiger charge is 2.15. The van der Waals surface area contributed by atoms with E-state index >= 15 is 0 Å². The number of nitrogens with zero attached hydrogens (tertiary/aromatic N) is 1. The van der Waals surface area contributed by atoms with Crippen molar-refractivity contribution in [2.24, 2.45) is 5.73 Å². The second kappa shape index (κ2) is 5.88. The van der Waals surface area contributed by atoms with Crippen LogP contribution in [0.2, 0.25) is 8.67 Å². The maximum Gasteiger partial charge on any atom is 0.269 e. The molecule has 1 unspecified atom stereocenters. The van der Waals surface area contributed by atoms with Crippen molar-refractivity contribution in [3.63, 3.8) is 0 Å². The normalized spacial score (nSPS) is 12.4. The molecule has 0 aliphatic heterocycles. The minimum Gasteiger partial charge on any atom is -0.324 e. The Kier molecular flexibility index (Phi) is 4.42. The van der Waals surface area contributed by atoms with Gasteiger partial charge in [-0.25, -0.2) is 0 Å². The van der Waals surface area contributed by atoms with E-state index in [2.05, 4.69) is 0 Å². The predicted octanol–water partition coefficient (Wildman–Crippen LogP) is 4.21. The molecule has 0 saturated carbocycles. The van der Waals surface area contributed by atoms with Crippen LogP contribution in [0.5, 0.6) is 0 Å². The molecule has 0 fully saturated rings. The molecule has 1 aromatic carbocycles. The Hall–Kier alpha value is -1.14. The summed E-state index contributed by atoms with van der Waals surface area (Å²) in [5.74, 6) is 0. The van der Waals surface area contributed by atoms with Crippen LogP contribution in [0.3, 0.4) is 0 Å². The van der Waals surface area contributed by atoms with Gasteiger partial charge in [0, 0.05) is 23.7 Å². The molecular formula is C12H10Cl2N2O2S. The van der Waals surface area contributed by atoms with Crippen LogP contribution in [-0.2, 0) is 6.42 Å². The van der Waals surface area contributed by atoms with Gasteiger partial charge in [-0.05, 0) is 18.1 Å². The lowest BCUT2D eigenvalue weighted by Crippen LogP contribution is -2.12. The van der Waals surface area contributed by atoms with Crippen molar-refractivity contribution in [1.82, 2.24) is 0 Å². The SMILES string of the molecule is NC(Cc1ccc([N+](=O)[O-])cc1)c1cc(Cl)sc1Cl. The van der Waals surface area contributed by atoms with Gasteiger partial charge in [0.1, 0.15) is 0 Å². The monoisotopic (exact) mass is 316 g/mol. The van der Waals surface area contributed by atoms with Crippen LogP contribution in [-0.4, -0.2) is 4.92 Å². The van der Waals surface area contributed by atoms with Crippen LogP contribution in [0.25, 0.3) is 0 Å². The zero-order valence-electron chi connectivity index (χ0n) is 9.68. The first kappa shape index (κ1) is 14.3. The molecule has 2 rings (SSSR count). The van der Waals surface area contributed by atoms with Gasteiger partial charge < -0.3 is 5.73 Å². The van der Waals surface area contributed by atoms with Gasteiger partial charge in [-0.3, -0.25) is 10.1 Å². The summed E-state index contributed by atoms with van der Waals surface area (Å²) in [5.41, 5.74) is 7.85. The van der Waals surface area contributed by atoms with Crippen molar-refractivity contribution in [1.29, 1.82) is 0 Å². The highest BCUT2D eigenvalue weighted by atomic mass is 35.5. The van der Waals surface area contributed by atoms with Gasteiger partial charge in [0.25, 0.3) is 5.69 Å². The van der Waals surface area contributed by atoms with Gasteiger partial charge in [-0.15, -0.1) is 11.3 Å². The van der Waals surface area contributed by atoms with Gasteiger partial charge in [-0.1, -0.05) is 35.3 Å². The van der Waals surface area contributed by atoms with Gasteiger partial charge in [0.15, 0.2) is 0 Å². The molecule has 0 saturated heterocycles. The molecule has 2 aromatic rings. The lowest BCUT2D eigenvalue weighted by molar-refractivity contribution is -0.384. The van der Waals surface area contributed by atoms with Crippen molar-refractivity contribution in [2.45, 2.75) is 12.5 Å². The topological polar surface area (TPSA) is 69.2 Å². The molecule has 0 amide bonds. The molecule has 0 radical (unpaired) electrons. The first-order chi connectivity index (χ1) is 8.97. The van der Waals surface area contributed by atoms with E-state index in [1.807, 2.05) is 0 Å². The molecular weight excluding hydrogens is 307 g/mol. The van der Waals surface area contributed by atoms with E-state index in [0.29, 0.717) is 15.1 Å². The summed E-state index contributed by atoms with van der Waals surface area (Å²) in [4.78, 5) is 10.1. The summed E-state index contributed by atoms with van der Waals surface area (Å²) < 4.78 is 1.18. The maximum atomic E-state index is 10.6. The first-order valence-electron chi connectivity index (χ1n) is 5.41. The van der Waals surface area contributed by atoms with E-state index in [4.69, 9.17) is 28.9 Å². The number of thiophene rings is 1. The summed E-state index contributed by atoms with van der Waals surface area (Å²) in [6, 6.07) is 7.79. The zero-order chi connectivity index (χ0) is 14.0. The molecule has 0 spiro atoms. The number of hydrogen-bond donors (Lipinski definition) is 1. The van der Waals surface area contributed by atoms with Gasteiger partial charge in [0.2, 0.25) is 0 Å². The summed E-state index contributed by atoms with van der Waals surface area (Å²) in [6.07, 6.45) is 0.546. The number of non-ortho nitro benzene ring substituents is 1. The first-order valence-corrected chi connectivity index (χ1v) is 6.98. The summed E-state index contributed by atoms with van der Waals surface area (Å²) in [6.45, 7) is 0. The van der Waals surface area contributed by atoms with Crippen molar-refractivity contribution in [3.05, 3.63) is 60.2 Å². The number of nitrogens with two attached hydrogens (primary N) is 1. The Morgan fingerprint density at radius 2 is 1.95 bits per heavy atom. The molecule has 100 valence electrons. The largest absolute Gasteiger partial charge is 0.324 e. The van der Waals surface area contributed by atoms with Crippen LogP contribution < -0.4 is 5.73 Å². The van der Waals surface area contributed by atoms with Crippen LogP contribution in [0, 0.1) is 10.1 Å².